The Morgan fingerprint density at radius 1 is 0.923 bits per heavy atom. The molecule has 6 nitrogen and oxygen atoms in total. The van der Waals surface area contributed by atoms with Crippen molar-refractivity contribution < 1.29 is 9.59 Å². The van der Waals surface area contributed by atoms with Crippen LogP contribution in [0.15, 0.2) is 47.3 Å². The number of rotatable bonds is 2. The van der Waals surface area contributed by atoms with Gasteiger partial charge in [0.2, 0.25) is 11.8 Å². The van der Waals surface area contributed by atoms with E-state index in [1.165, 1.54) is 9.58 Å². The average molecular weight is 349 g/mol. The number of carbonyl (C=O) groups is 2. The number of amides is 2. The summed E-state index contributed by atoms with van der Waals surface area (Å²) in [5.41, 5.74) is 1.18. The van der Waals surface area contributed by atoms with E-state index in [0.29, 0.717) is 11.4 Å². The summed E-state index contributed by atoms with van der Waals surface area (Å²) in [6.07, 6.45) is 4.99. The Bertz CT molecular complexity index is 1000. The first-order valence-electron chi connectivity index (χ1n) is 8.91. The average Bonchev–Trinajstić information content (AvgIpc) is 3.36. The third-order valence-corrected chi connectivity index (χ3v) is 6.22. The first-order chi connectivity index (χ1) is 12.5. The highest BCUT2D eigenvalue weighted by Gasteiger charge is 2.60. The maximum absolute atomic E-state index is 13.2. The first kappa shape index (κ1) is 15.4. The van der Waals surface area contributed by atoms with Gasteiger partial charge in [-0.05, 0) is 37.3 Å². The van der Waals surface area contributed by atoms with Gasteiger partial charge in [-0.3, -0.25) is 19.1 Å². The molecule has 2 bridgehead atoms. The summed E-state index contributed by atoms with van der Waals surface area (Å²) in [7, 11) is 1.77. The van der Waals surface area contributed by atoms with Crippen LogP contribution in [-0.2, 0) is 16.6 Å². The van der Waals surface area contributed by atoms with E-state index in [4.69, 9.17) is 0 Å². The van der Waals surface area contributed by atoms with Gasteiger partial charge in [0.05, 0.1) is 23.2 Å². The van der Waals surface area contributed by atoms with Crippen LogP contribution in [0.25, 0.3) is 5.69 Å². The van der Waals surface area contributed by atoms with Crippen LogP contribution < -0.4 is 10.5 Å². The summed E-state index contributed by atoms with van der Waals surface area (Å²) in [6, 6.07) is 9.24. The van der Waals surface area contributed by atoms with E-state index in [0.717, 1.165) is 6.42 Å². The van der Waals surface area contributed by atoms with Crippen LogP contribution in [0, 0.1) is 30.6 Å². The van der Waals surface area contributed by atoms with Gasteiger partial charge < -0.3 is 0 Å². The molecule has 1 aromatic carbocycles. The molecular weight excluding hydrogens is 330 g/mol. The SMILES string of the molecule is Cc1c(N2C(=O)[C@@H]3[C@H](C2=O)[C@@H]2C=C[C@H]3C2)c(=O)n(-c2ccccc2)n1C. The van der Waals surface area contributed by atoms with Crippen molar-refractivity contribution in [1.82, 2.24) is 9.36 Å². The first-order valence-corrected chi connectivity index (χ1v) is 8.91. The van der Waals surface area contributed by atoms with Crippen molar-refractivity contribution in [3.8, 4) is 5.69 Å². The summed E-state index contributed by atoms with van der Waals surface area (Å²) in [4.78, 5) is 40.5. The maximum Gasteiger partial charge on any atom is 0.296 e. The lowest BCUT2D eigenvalue weighted by Gasteiger charge is -2.15. The zero-order chi connectivity index (χ0) is 18.2. The van der Waals surface area contributed by atoms with Crippen LogP contribution in [0.4, 0.5) is 5.69 Å². The highest BCUT2D eigenvalue weighted by atomic mass is 16.2. The molecule has 1 saturated heterocycles. The summed E-state index contributed by atoms with van der Waals surface area (Å²) in [6.45, 7) is 1.78. The second-order valence-electron chi connectivity index (χ2n) is 7.42. The quantitative estimate of drug-likeness (QED) is 0.613. The number of para-hydroxylation sites is 1. The smallest absolute Gasteiger partial charge is 0.283 e. The molecule has 0 unspecified atom stereocenters. The third kappa shape index (κ3) is 1.74. The zero-order valence-electron chi connectivity index (χ0n) is 14.6. The van der Waals surface area contributed by atoms with E-state index in [1.54, 1.807) is 18.7 Å². The van der Waals surface area contributed by atoms with E-state index in [9.17, 15) is 14.4 Å². The van der Waals surface area contributed by atoms with Crippen molar-refractivity contribution in [3.63, 3.8) is 0 Å². The molecule has 5 rings (SSSR count). The van der Waals surface area contributed by atoms with Crippen molar-refractivity contribution in [2.45, 2.75) is 13.3 Å². The normalized spacial score (nSPS) is 29.1. The summed E-state index contributed by atoms with van der Waals surface area (Å²) in [5, 5.41) is 0. The number of benzene rings is 1. The van der Waals surface area contributed by atoms with Gasteiger partial charge in [0.25, 0.3) is 5.56 Å². The largest absolute Gasteiger partial charge is 0.296 e. The fourth-order valence-electron chi connectivity index (χ4n) is 4.93. The number of carbonyl (C=O) groups excluding carboxylic acids is 2. The monoisotopic (exact) mass is 349 g/mol. The Balaban J connectivity index is 1.66. The summed E-state index contributed by atoms with van der Waals surface area (Å²) in [5.74, 6) is -0.785. The van der Waals surface area contributed by atoms with Crippen molar-refractivity contribution in [1.29, 1.82) is 0 Å². The Kier molecular flexibility index (Phi) is 2.99. The Morgan fingerprint density at radius 2 is 1.50 bits per heavy atom. The van der Waals surface area contributed by atoms with E-state index in [2.05, 4.69) is 12.2 Å². The minimum Gasteiger partial charge on any atom is -0.283 e. The number of aromatic nitrogens is 2. The van der Waals surface area contributed by atoms with Gasteiger partial charge in [-0.1, -0.05) is 30.4 Å². The molecule has 4 atom stereocenters. The third-order valence-electron chi connectivity index (χ3n) is 6.22. The molecule has 0 spiro atoms. The number of allylic oxidation sites excluding steroid dienone is 2. The molecule has 0 N–H and O–H groups in total. The van der Waals surface area contributed by atoms with Crippen LogP contribution in [0.1, 0.15) is 12.1 Å². The lowest BCUT2D eigenvalue weighted by molar-refractivity contribution is -0.123. The van der Waals surface area contributed by atoms with Gasteiger partial charge >= 0.3 is 0 Å². The molecular formula is C20H19N3O3. The van der Waals surface area contributed by atoms with Crippen LogP contribution in [0.3, 0.4) is 0 Å². The van der Waals surface area contributed by atoms with Crippen LogP contribution in [-0.4, -0.2) is 21.2 Å². The van der Waals surface area contributed by atoms with Crippen LogP contribution >= 0.6 is 0 Å². The van der Waals surface area contributed by atoms with Crippen molar-refractivity contribution >= 4 is 17.5 Å². The lowest BCUT2D eigenvalue weighted by Crippen LogP contribution is -2.36. The van der Waals surface area contributed by atoms with E-state index in [-0.39, 0.29) is 46.7 Å². The molecule has 132 valence electrons. The van der Waals surface area contributed by atoms with Crippen molar-refractivity contribution in [2.75, 3.05) is 4.90 Å². The molecule has 1 aliphatic heterocycles. The van der Waals surface area contributed by atoms with Gasteiger partial charge in [0.1, 0.15) is 5.69 Å². The molecule has 2 fully saturated rings. The van der Waals surface area contributed by atoms with E-state index in [1.807, 2.05) is 30.3 Å². The minimum absolute atomic E-state index is 0.131. The van der Waals surface area contributed by atoms with Gasteiger partial charge in [0.15, 0.2) is 0 Å². The Morgan fingerprint density at radius 3 is 2.08 bits per heavy atom. The highest BCUT2D eigenvalue weighted by Crippen LogP contribution is 2.53. The molecule has 2 amide bonds. The molecule has 1 aromatic heterocycles. The molecule has 1 saturated carbocycles. The maximum atomic E-state index is 13.2. The fourth-order valence-corrected chi connectivity index (χ4v) is 4.93. The number of fused-ring (bicyclic) bond motifs is 5. The summed E-state index contributed by atoms with van der Waals surface area (Å²) >= 11 is 0. The highest BCUT2D eigenvalue weighted by molar-refractivity contribution is 6.23. The number of anilines is 1. The molecule has 3 aliphatic rings. The van der Waals surface area contributed by atoms with Crippen LogP contribution in [0.5, 0.6) is 0 Å². The molecule has 26 heavy (non-hydrogen) atoms. The zero-order valence-corrected chi connectivity index (χ0v) is 14.6. The van der Waals surface area contributed by atoms with E-state index < -0.39 is 0 Å². The number of hydrogen-bond acceptors (Lipinski definition) is 3. The predicted molar refractivity (Wildman–Crippen MR) is 96.0 cm³/mol. The molecule has 2 heterocycles. The topological polar surface area (TPSA) is 64.3 Å². The lowest BCUT2D eigenvalue weighted by atomic mass is 9.85. The summed E-state index contributed by atoms with van der Waals surface area (Å²) < 4.78 is 3.21. The molecule has 2 aliphatic carbocycles. The van der Waals surface area contributed by atoms with Crippen LogP contribution in [0.2, 0.25) is 0 Å². The van der Waals surface area contributed by atoms with Gasteiger partial charge in [-0.2, -0.15) is 0 Å². The Labute approximate surface area is 150 Å². The number of imide groups is 1. The van der Waals surface area contributed by atoms with E-state index >= 15 is 0 Å². The van der Waals surface area contributed by atoms with Gasteiger partial charge in [-0.15, -0.1) is 0 Å². The van der Waals surface area contributed by atoms with Gasteiger partial charge in [0, 0.05) is 7.05 Å². The standard InChI is InChI=1S/C20H19N3O3/c1-11-17(20(26)23(21(11)2)14-6-4-3-5-7-14)22-18(24)15-12-8-9-13(10-12)16(15)19(22)25/h3-9,12-13,15-16H,10H2,1-2H3/t12-,13+,15-,16+. The molecule has 6 heteroatoms. The fraction of sp³-hybridized carbons (Fsp3) is 0.350. The van der Waals surface area contributed by atoms with Crippen molar-refractivity contribution in [3.05, 3.63) is 58.5 Å². The minimum atomic E-state index is -0.335. The number of hydrogen-bond donors (Lipinski definition) is 0. The van der Waals surface area contributed by atoms with Crippen molar-refractivity contribution in [2.24, 2.45) is 30.7 Å². The number of nitrogens with zero attached hydrogens (tertiary/aromatic N) is 3. The second-order valence-corrected chi connectivity index (χ2v) is 7.42. The van der Waals surface area contributed by atoms with Gasteiger partial charge in [-0.25, -0.2) is 9.58 Å². The predicted octanol–water partition coefficient (Wildman–Crippen LogP) is 1.80. The molecule has 0 radical (unpaired) electrons. The second kappa shape index (κ2) is 5.06. The molecule has 2 aromatic rings. The Hall–Kier alpha value is -2.89.